The summed E-state index contributed by atoms with van der Waals surface area (Å²) in [6.45, 7) is 1.09. The van der Waals surface area contributed by atoms with Crippen LogP contribution in [0.15, 0.2) is 72.8 Å². The number of rotatable bonds is 7. The van der Waals surface area contributed by atoms with Gasteiger partial charge >= 0.3 is 0 Å². The Hall–Kier alpha value is -3.11. The van der Waals surface area contributed by atoms with Crippen LogP contribution in [0.5, 0.6) is 10.8 Å². The van der Waals surface area contributed by atoms with E-state index in [0.717, 1.165) is 33.9 Å². The molecule has 4 aromatic rings. The van der Waals surface area contributed by atoms with Crippen LogP contribution in [0.2, 0.25) is 0 Å². The Balaban J connectivity index is 1.31. The van der Waals surface area contributed by atoms with Crippen LogP contribution < -0.4 is 9.47 Å². The van der Waals surface area contributed by atoms with Gasteiger partial charge in [0.2, 0.25) is 0 Å². The van der Waals surface area contributed by atoms with Gasteiger partial charge in [0.1, 0.15) is 12.4 Å². The van der Waals surface area contributed by atoms with Gasteiger partial charge in [-0.3, -0.25) is 4.79 Å². The van der Waals surface area contributed by atoms with Crippen LogP contribution >= 0.6 is 11.3 Å². The van der Waals surface area contributed by atoms with E-state index < -0.39 is 0 Å². The lowest BCUT2D eigenvalue weighted by atomic mass is 9.48. The topological polar surface area (TPSA) is 35.5 Å². The first kappa shape index (κ1) is 22.1. The highest BCUT2D eigenvalue weighted by atomic mass is 32.1. The molecule has 0 atom stereocenters. The van der Waals surface area contributed by atoms with Crippen LogP contribution in [0.4, 0.5) is 0 Å². The van der Waals surface area contributed by atoms with Crippen molar-refractivity contribution in [1.29, 1.82) is 0 Å². The largest absolute Gasteiger partial charge is 0.489 e. The van der Waals surface area contributed by atoms with E-state index in [1.807, 2.05) is 12.1 Å². The summed E-state index contributed by atoms with van der Waals surface area (Å²) in [6.07, 6.45) is 8.22. The Kier molecular flexibility index (Phi) is 5.39. The molecule has 8 rings (SSSR count). The van der Waals surface area contributed by atoms with Crippen molar-refractivity contribution in [3.05, 3.63) is 83.9 Å². The van der Waals surface area contributed by atoms with Gasteiger partial charge in [0.05, 0.1) is 0 Å². The predicted octanol–water partition coefficient (Wildman–Crippen LogP) is 8.15. The summed E-state index contributed by atoms with van der Waals surface area (Å²) in [7, 11) is 0. The van der Waals surface area contributed by atoms with E-state index in [0.29, 0.717) is 18.1 Å². The van der Waals surface area contributed by atoms with Crippen LogP contribution in [-0.4, -0.2) is 6.47 Å². The number of carbonyl (C=O) groups is 1. The SMILES string of the molecule is O=COc1ccc(-c2ccc3cc(OCc4ccccc4)c(C45CC6CC(CC(C6)C4)C5)cc3c2)s1. The smallest absolute Gasteiger partial charge is 0.299 e. The van der Waals surface area contributed by atoms with Gasteiger partial charge in [-0.15, -0.1) is 0 Å². The molecule has 4 bridgehead atoms. The van der Waals surface area contributed by atoms with E-state index in [9.17, 15) is 4.79 Å². The van der Waals surface area contributed by atoms with Gasteiger partial charge in [0.15, 0.2) is 5.06 Å². The average molecular weight is 495 g/mol. The lowest BCUT2D eigenvalue weighted by molar-refractivity contribution is -0.120. The van der Waals surface area contributed by atoms with Crippen LogP contribution in [0, 0.1) is 17.8 Å². The molecule has 0 N–H and O–H groups in total. The molecule has 0 unspecified atom stereocenters. The zero-order valence-electron chi connectivity index (χ0n) is 20.3. The highest BCUT2D eigenvalue weighted by Gasteiger charge is 2.52. The minimum atomic E-state index is 0.249. The molecule has 4 fully saturated rings. The molecule has 0 spiro atoms. The molecule has 0 aliphatic heterocycles. The zero-order valence-corrected chi connectivity index (χ0v) is 21.1. The van der Waals surface area contributed by atoms with Crippen LogP contribution in [0.1, 0.15) is 49.7 Å². The number of ether oxygens (including phenoxy) is 2. The van der Waals surface area contributed by atoms with Gasteiger partial charge in [-0.25, -0.2) is 0 Å². The number of hydrogen-bond acceptors (Lipinski definition) is 4. The van der Waals surface area contributed by atoms with E-state index in [1.165, 1.54) is 71.8 Å². The molecular formula is C32H30O3S. The molecule has 3 aromatic carbocycles. The summed E-state index contributed by atoms with van der Waals surface area (Å²) in [5.41, 5.74) is 4.04. The second-order valence-corrected chi connectivity index (χ2v) is 12.3. The number of hydrogen-bond donors (Lipinski definition) is 0. The van der Waals surface area contributed by atoms with Crippen molar-refractivity contribution < 1.29 is 14.3 Å². The van der Waals surface area contributed by atoms with Crippen molar-refractivity contribution in [3.63, 3.8) is 0 Å². The fourth-order valence-corrected chi connectivity index (χ4v) is 8.55. The maximum Gasteiger partial charge on any atom is 0.299 e. The number of benzene rings is 3. The summed E-state index contributed by atoms with van der Waals surface area (Å²) in [6, 6.07) is 25.8. The molecular weight excluding hydrogens is 464 g/mol. The third-order valence-electron chi connectivity index (χ3n) is 8.82. The number of fused-ring (bicyclic) bond motifs is 1. The molecule has 4 saturated carbocycles. The maximum atomic E-state index is 10.7. The lowest BCUT2D eigenvalue weighted by Crippen LogP contribution is -2.48. The first-order valence-electron chi connectivity index (χ1n) is 13.1. The molecule has 182 valence electrons. The van der Waals surface area contributed by atoms with Crippen LogP contribution in [0.3, 0.4) is 0 Å². The lowest BCUT2D eigenvalue weighted by Gasteiger charge is -2.57. The van der Waals surface area contributed by atoms with Gasteiger partial charge in [-0.05, 0) is 114 Å². The molecule has 4 heteroatoms. The monoisotopic (exact) mass is 494 g/mol. The average Bonchev–Trinajstić information content (AvgIpc) is 3.35. The molecule has 1 aromatic heterocycles. The number of thiophene rings is 1. The number of carbonyl (C=O) groups excluding carboxylic acids is 1. The molecule has 0 amide bonds. The summed E-state index contributed by atoms with van der Waals surface area (Å²) in [5.74, 6) is 3.70. The van der Waals surface area contributed by atoms with E-state index >= 15 is 0 Å². The predicted molar refractivity (Wildman–Crippen MR) is 145 cm³/mol. The second kappa shape index (κ2) is 8.77. The van der Waals surface area contributed by atoms with E-state index in [-0.39, 0.29) is 5.41 Å². The first-order chi connectivity index (χ1) is 17.7. The van der Waals surface area contributed by atoms with Crippen molar-refractivity contribution in [2.45, 2.75) is 50.5 Å². The van der Waals surface area contributed by atoms with E-state index in [2.05, 4.69) is 60.7 Å². The van der Waals surface area contributed by atoms with Crippen molar-refractivity contribution in [2.24, 2.45) is 17.8 Å². The Bertz CT molecular complexity index is 1380. The standard InChI is InChI=1S/C32H30O3S/c33-20-35-31-9-8-30(36-31)26-7-6-25-15-29(34-19-21-4-2-1-3-5-21)28(14-27(25)13-26)32-16-22-10-23(17-32)12-24(11-22)18-32/h1-9,13-15,20,22-24H,10-12,16-19H2. The quantitative estimate of drug-likeness (QED) is 0.243. The van der Waals surface area contributed by atoms with Crippen molar-refractivity contribution in [2.75, 3.05) is 0 Å². The van der Waals surface area contributed by atoms with Crippen molar-refractivity contribution in [1.82, 2.24) is 0 Å². The minimum absolute atomic E-state index is 0.249. The van der Waals surface area contributed by atoms with Gasteiger partial charge < -0.3 is 9.47 Å². The third kappa shape index (κ3) is 3.92. The zero-order chi connectivity index (χ0) is 24.1. The summed E-state index contributed by atoms with van der Waals surface area (Å²) >= 11 is 1.50. The van der Waals surface area contributed by atoms with E-state index in [1.54, 1.807) is 0 Å². The molecule has 3 nitrogen and oxygen atoms in total. The molecule has 4 aliphatic carbocycles. The van der Waals surface area contributed by atoms with E-state index in [4.69, 9.17) is 9.47 Å². The Morgan fingerprint density at radius 2 is 1.58 bits per heavy atom. The molecule has 36 heavy (non-hydrogen) atoms. The van der Waals surface area contributed by atoms with Crippen molar-refractivity contribution in [3.8, 4) is 21.3 Å². The Morgan fingerprint density at radius 3 is 2.31 bits per heavy atom. The van der Waals surface area contributed by atoms with Crippen LogP contribution in [-0.2, 0) is 16.8 Å². The summed E-state index contributed by atoms with van der Waals surface area (Å²) < 4.78 is 11.7. The Morgan fingerprint density at radius 1 is 0.833 bits per heavy atom. The highest BCUT2D eigenvalue weighted by Crippen LogP contribution is 2.62. The molecule has 0 saturated heterocycles. The molecule has 0 radical (unpaired) electrons. The van der Waals surface area contributed by atoms with Gasteiger partial charge in [-0.2, -0.15) is 0 Å². The first-order valence-corrected chi connectivity index (χ1v) is 13.9. The second-order valence-electron chi connectivity index (χ2n) is 11.2. The Labute approximate surface area is 216 Å². The van der Waals surface area contributed by atoms with Gasteiger partial charge in [-0.1, -0.05) is 53.8 Å². The fourth-order valence-electron chi connectivity index (χ4n) is 7.73. The minimum Gasteiger partial charge on any atom is -0.489 e. The third-order valence-corrected chi connectivity index (χ3v) is 9.84. The normalized spacial score (nSPS) is 26.3. The summed E-state index contributed by atoms with van der Waals surface area (Å²) in [5, 5.41) is 3.09. The maximum absolute atomic E-state index is 10.7. The molecule has 4 aliphatic rings. The van der Waals surface area contributed by atoms with Gasteiger partial charge in [0, 0.05) is 10.4 Å². The fraction of sp³-hybridized carbons (Fsp3) is 0.344. The van der Waals surface area contributed by atoms with Gasteiger partial charge in [0.25, 0.3) is 6.47 Å². The molecule has 1 heterocycles. The highest BCUT2D eigenvalue weighted by molar-refractivity contribution is 7.17. The summed E-state index contributed by atoms with van der Waals surface area (Å²) in [4.78, 5) is 11.8. The van der Waals surface area contributed by atoms with Crippen LogP contribution in [0.25, 0.3) is 21.2 Å². The van der Waals surface area contributed by atoms with Crippen molar-refractivity contribution >= 4 is 28.6 Å².